The number of rotatable bonds is 8. The fourth-order valence-electron chi connectivity index (χ4n) is 3.27. The summed E-state index contributed by atoms with van der Waals surface area (Å²) in [7, 11) is -2.63. The van der Waals surface area contributed by atoms with Crippen LogP contribution in [0.1, 0.15) is 30.9 Å². The molecule has 0 bridgehead atoms. The molecule has 7 heteroatoms. The molecular weight excluding hydrogens is 426 g/mol. The van der Waals surface area contributed by atoms with Gasteiger partial charge in [0.1, 0.15) is 11.5 Å². The lowest BCUT2D eigenvalue weighted by atomic mass is 10.0. The Labute approximate surface area is 189 Å². The highest BCUT2D eigenvalue weighted by Gasteiger charge is 2.31. The van der Waals surface area contributed by atoms with Gasteiger partial charge in [-0.15, -0.1) is 0 Å². The topological polar surface area (TPSA) is 72.9 Å². The molecule has 3 aromatic carbocycles. The summed E-state index contributed by atoms with van der Waals surface area (Å²) >= 11 is 0. The molecule has 6 nitrogen and oxygen atoms in total. The van der Waals surface area contributed by atoms with Crippen molar-refractivity contribution < 1.29 is 22.7 Å². The fourth-order valence-corrected chi connectivity index (χ4v) is 4.71. The maximum atomic E-state index is 13.4. The van der Waals surface area contributed by atoms with Gasteiger partial charge in [0.05, 0.1) is 17.7 Å². The molecule has 0 aromatic heterocycles. The zero-order valence-electron chi connectivity index (χ0n) is 18.6. The van der Waals surface area contributed by atoms with Crippen LogP contribution in [0.2, 0.25) is 0 Å². The van der Waals surface area contributed by atoms with Gasteiger partial charge in [0, 0.05) is 0 Å². The van der Waals surface area contributed by atoms with Crippen LogP contribution in [0.5, 0.6) is 11.5 Å². The summed E-state index contributed by atoms with van der Waals surface area (Å²) in [6, 6.07) is 19.9. The first-order valence-corrected chi connectivity index (χ1v) is 11.7. The second-order valence-electron chi connectivity index (χ2n) is 7.66. The van der Waals surface area contributed by atoms with E-state index in [-0.39, 0.29) is 16.5 Å². The van der Waals surface area contributed by atoms with E-state index in [4.69, 9.17) is 9.47 Å². The molecule has 0 N–H and O–H groups in total. The van der Waals surface area contributed by atoms with Gasteiger partial charge < -0.3 is 9.47 Å². The molecular formula is C25H27NO5S. The molecule has 0 aliphatic heterocycles. The molecule has 0 spiro atoms. The lowest BCUT2D eigenvalue weighted by Gasteiger charge is -2.23. The molecule has 3 aromatic rings. The Kier molecular flexibility index (Phi) is 7.20. The quantitative estimate of drug-likeness (QED) is 0.484. The highest BCUT2D eigenvalue weighted by atomic mass is 32.2. The van der Waals surface area contributed by atoms with Crippen LogP contribution in [-0.4, -0.2) is 28.0 Å². The van der Waals surface area contributed by atoms with Crippen molar-refractivity contribution in [3.8, 4) is 11.5 Å². The van der Waals surface area contributed by atoms with Crippen LogP contribution < -0.4 is 13.8 Å². The van der Waals surface area contributed by atoms with E-state index in [2.05, 4.69) is 0 Å². The van der Waals surface area contributed by atoms with Crippen LogP contribution in [0.3, 0.4) is 0 Å². The normalized spacial score (nSPS) is 11.3. The lowest BCUT2D eigenvalue weighted by molar-refractivity contribution is -0.119. The van der Waals surface area contributed by atoms with Crippen molar-refractivity contribution in [2.45, 2.75) is 31.6 Å². The monoisotopic (exact) mass is 453 g/mol. The van der Waals surface area contributed by atoms with Crippen molar-refractivity contribution in [1.82, 2.24) is 0 Å². The predicted molar refractivity (Wildman–Crippen MR) is 125 cm³/mol. The molecule has 1 amide bonds. The number of methoxy groups -OCH3 is 1. The van der Waals surface area contributed by atoms with Gasteiger partial charge in [-0.05, 0) is 66.4 Å². The Morgan fingerprint density at radius 3 is 2.22 bits per heavy atom. The van der Waals surface area contributed by atoms with Crippen molar-refractivity contribution in [1.29, 1.82) is 0 Å². The minimum atomic E-state index is -4.15. The summed E-state index contributed by atoms with van der Waals surface area (Å²) in [6.45, 7) is 5.56. The largest absolute Gasteiger partial charge is 0.497 e. The molecule has 0 fully saturated rings. The number of hydrogen-bond donors (Lipinski definition) is 0. The molecule has 0 aliphatic rings. The molecule has 0 heterocycles. The standard InChI is InChI=1S/C25H27NO5S/c1-18(2)23-15-10-19(3)16-24(23)31-17-25(27)26(20-11-13-21(30-4)14-12-20)32(28,29)22-8-6-5-7-9-22/h5-16,18H,17H2,1-4H3. The average molecular weight is 454 g/mol. The fraction of sp³-hybridized carbons (Fsp3) is 0.240. The number of ether oxygens (including phenoxy) is 2. The number of benzene rings is 3. The van der Waals surface area contributed by atoms with Crippen molar-refractivity contribution in [2.24, 2.45) is 0 Å². The van der Waals surface area contributed by atoms with E-state index in [9.17, 15) is 13.2 Å². The third-order valence-corrected chi connectivity index (χ3v) is 6.72. The summed E-state index contributed by atoms with van der Waals surface area (Å²) < 4.78 is 38.6. The summed E-state index contributed by atoms with van der Waals surface area (Å²) in [5, 5.41) is 0. The van der Waals surface area contributed by atoms with Crippen LogP contribution in [0.4, 0.5) is 5.69 Å². The van der Waals surface area contributed by atoms with Crippen molar-refractivity contribution in [2.75, 3.05) is 18.0 Å². The van der Waals surface area contributed by atoms with Crippen molar-refractivity contribution in [3.05, 3.63) is 83.9 Å². The first-order valence-electron chi connectivity index (χ1n) is 10.2. The number of anilines is 1. The van der Waals surface area contributed by atoms with E-state index in [0.29, 0.717) is 11.5 Å². The third-order valence-electron chi connectivity index (χ3n) is 4.96. The number of carbonyl (C=O) groups excluding carboxylic acids is 1. The predicted octanol–water partition coefficient (Wildman–Crippen LogP) is 4.93. The SMILES string of the molecule is COc1ccc(N(C(=O)COc2cc(C)ccc2C(C)C)S(=O)(=O)c2ccccc2)cc1. The Morgan fingerprint density at radius 2 is 1.62 bits per heavy atom. The smallest absolute Gasteiger partial charge is 0.278 e. The van der Waals surface area contributed by atoms with E-state index in [0.717, 1.165) is 15.4 Å². The maximum absolute atomic E-state index is 13.4. The minimum absolute atomic E-state index is 0.0163. The summed E-state index contributed by atoms with van der Waals surface area (Å²) in [4.78, 5) is 13.3. The second-order valence-corrected chi connectivity index (χ2v) is 9.45. The zero-order chi connectivity index (χ0) is 23.3. The summed E-state index contributed by atoms with van der Waals surface area (Å²) in [5.41, 5.74) is 2.14. The first-order chi connectivity index (χ1) is 15.2. The summed E-state index contributed by atoms with van der Waals surface area (Å²) in [6.07, 6.45) is 0. The molecule has 0 aliphatic carbocycles. The van der Waals surface area contributed by atoms with Gasteiger partial charge in [-0.1, -0.05) is 44.2 Å². The number of sulfonamides is 1. The molecule has 0 unspecified atom stereocenters. The lowest BCUT2D eigenvalue weighted by Crippen LogP contribution is -2.40. The van der Waals surface area contributed by atoms with Gasteiger partial charge >= 0.3 is 0 Å². The van der Waals surface area contributed by atoms with E-state index in [1.807, 2.05) is 39.0 Å². The van der Waals surface area contributed by atoms with Crippen LogP contribution in [-0.2, 0) is 14.8 Å². The van der Waals surface area contributed by atoms with Crippen LogP contribution in [0, 0.1) is 6.92 Å². The maximum Gasteiger partial charge on any atom is 0.278 e. The van der Waals surface area contributed by atoms with Crippen LogP contribution >= 0.6 is 0 Å². The number of aryl methyl sites for hydroxylation is 1. The molecule has 3 rings (SSSR count). The van der Waals surface area contributed by atoms with E-state index in [1.54, 1.807) is 30.3 Å². The molecule has 168 valence electrons. The highest BCUT2D eigenvalue weighted by molar-refractivity contribution is 7.93. The molecule has 0 radical (unpaired) electrons. The third kappa shape index (κ3) is 5.11. The molecule has 0 saturated carbocycles. The Morgan fingerprint density at radius 1 is 0.969 bits per heavy atom. The van der Waals surface area contributed by atoms with Crippen LogP contribution in [0.25, 0.3) is 0 Å². The Balaban J connectivity index is 1.97. The number of nitrogens with zero attached hydrogens (tertiary/aromatic N) is 1. The average Bonchev–Trinajstić information content (AvgIpc) is 2.78. The van der Waals surface area contributed by atoms with E-state index >= 15 is 0 Å². The zero-order valence-corrected chi connectivity index (χ0v) is 19.4. The number of carbonyl (C=O) groups is 1. The molecule has 0 atom stereocenters. The van der Waals surface area contributed by atoms with Gasteiger partial charge in [0.25, 0.3) is 15.9 Å². The molecule has 32 heavy (non-hydrogen) atoms. The number of amides is 1. The van der Waals surface area contributed by atoms with Gasteiger partial charge in [-0.25, -0.2) is 8.42 Å². The van der Waals surface area contributed by atoms with E-state index < -0.39 is 22.5 Å². The second kappa shape index (κ2) is 9.87. The van der Waals surface area contributed by atoms with Gasteiger partial charge in [0.15, 0.2) is 6.61 Å². The van der Waals surface area contributed by atoms with Gasteiger partial charge in [-0.2, -0.15) is 4.31 Å². The summed E-state index contributed by atoms with van der Waals surface area (Å²) in [5.74, 6) is 0.609. The van der Waals surface area contributed by atoms with Crippen molar-refractivity contribution >= 4 is 21.6 Å². The van der Waals surface area contributed by atoms with Gasteiger partial charge in [-0.3, -0.25) is 4.79 Å². The van der Waals surface area contributed by atoms with E-state index in [1.165, 1.54) is 31.4 Å². The Bertz CT molecular complexity index is 1170. The minimum Gasteiger partial charge on any atom is -0.497 e. The van der Waals surface area contributed by atoms with Crippen molar-refractivity contribution in [3.63, 3.8) is 0 Å². The highest BCUT2D eigenvalue weighted by Crippen LogP contribution is 2.29. The van der Waals surface area contributed by atoms with Gasteiger partial charge in [0.2, 0.25) is 0 Å². The molecule has 0 saturated heterocycles. The number of hydrogen-bond acceptors (Lipinski definition) is 5. The first kappa shape index (κ1) is 23.3. The Hall–Kier alpha value is -3.32. The van der Waals surface area contributed by atoms with Crippen LogP contribution in [0.15, 0.2) is 77.7 Å².